The van der Waals surface area contributed by atoms with E-state index in [2.05, 4.69) is 38.8 Å². The van der Waals surface area contributed by atoms with Gasteiger partial charge in [-0.15, -0.1) is 0 Å². The quantitative estimate of drug-likeness (QED) is 0.105. The van der Waals surface area contributed by atoms with Crippen molar-refractivity contribution in [3.8, 4) is 0 Å². The van der Waals surface area contributed by atoms with Crippen molar-refractivity contribution in [2.75, 3.05) is 6.61 Å². The third-order valence-corrected chi connectivity index (χ3v) is 8.70. The fourth-order valence-corrected chi connectivity index (χ4v) is 6.30. The molecule has 0 saturated carbocycles. The molecule has 6 heteroatoms. The van der Waals surface area contributed by atoms with Crippen molar-refractivity contribution in [3.05, 3.63) is 27.1 Å². The van der Waals surface area contributed by atoms with E-state index in [-0.39, 0.29) is 11.5 Å². The Balaban J connectivity index is 1.88. The summed E-state index contributed by atoms with van der Waals surface area (Å²) in [6.07, 6.45) is 23.7. The van der Waals surface area contributed by atoms with E-state index in [1.807, 2.05) is 0 Å². The van der Waals surface area contributed by atoms with E-state index >= 15 is 0 Å². The minimum atomic E-state index is -3.71. The van der Waals surface area contributed by atoms with Crippen LogP contribution in [0.5, 0.6) is 0 Å². The molecular formula is C26H44Br2O3S. The average Bonchev–Trinajstić information content (AvgIpc) is 2.77. The minimum absolute atomic E-state index is 0.175. The first-order chi connectivity index (χ1) is 15.5. The topological polar surface area (TPSA) is 43.4 Å². The van der Waals surface area contributed by atoms with E-state index in [4.69, 9.17) is 4.18 Å². The van der Waals surface area contributed by atoms with E-state index in [9.17, 15) is 8.42 Å². The lowest BCUT2D eigenvalue weighted by Gasteiger charge is -2.08. The monoisotopic (exact) mass is 594 g/mol. The van der Waals surface area contributed by atoms with Crippen LogP contribution < -0.4 is 0 Å². The van der Waals surface area contributed by atoms with Gasteiger partial charge in [-0.3, -0.25) is 4.18 Å². The van der Waals surface area contributed by atoms with E-state index in [0.29, 0.717) is 4.47 Å². The maximum atomic E-state index is 12.3. The summed E-state index contributed by atoms with van der Waals surface area (Å²) >= 11 is 6.59. The van der Waals surface area contributed by atoms with Crippen LogP contribution in [0.25, 0.3) is 0 Å². The average molecular weight is 597 g/mol. The zero-order chi connectivity index (χ0) is 23.5. The third-order valence-electron chi connectivity index (χ3n) is 5.90. The molecule has 0 amide bonds. The van der Waals surface area contributed by atoms with Crippen molar-refractivity contribution < 1.29 is 12.6 Å². The summed E-state index contributed by atoms with van der Waals surface area (Å²) in [7, 11) is -3.71. The minimum Gasteiger partial charge on any atom is -0.266 e. The Labute approximate surface area is 214 Å². The van der Waals surface area contributed by atoms with Crippen LogP contribution in [0.3, 0.4) is 0 Å². The number of halogens is 2. The highest BCUT2D eigenvalue weighted by molar-refractivity contribution is 9.11. The van der Waals surface area contributed by atoms with Gasteiger partial charge < -0.3 is 0 Å². The lowest BCUT2D eigenvalue weighted by molar-refractivity contribution is 0.306. The maximum absolute atomic E-state index is 12.3. The summed E-state index contributed by atoms with van der Waals surface area (Å²) in [5, 5.41) is 0. The second-order valence-corrected chi connectivity index (χ2v) is 12.2. The Bertz CT molecular complexity index is 692. The Morgan fingerprint density at radius 3 is 1.50 bits per heavy atom. The Hall–Kier alpha value is 0.0900. The molecule has 0 N–H and O–H groups in total. The summed E-state index contributed by atoms with van der Waals surface area (Å²) in [5.74, 6) is 0. The molecule has 3 nitrogen and oxygen atoms in total. The number of unbranched alkanes of at least 4 members (excludes halogenated alkanes) is 17. The molecule has 0 aliphatic rings. The van der Waals surface area contributed by atoms with Crippen molar-refractivity contribution in [2.45, 2.75) is 127 Å². The third kappa shape index (κ3) is 15.1. The Morgan fingerprint density at radius 1 is 0.656 bits per heavy atom. The molecule has 0 fully saturated rings. The van der Waals surface area contributed by atoms with Crippen molar-refractivity contribution >= 4 is 42.0 Å². The molecule has 0 radical (unpaired) electrons. The molecule has 0 heterocycles. The molecule has 1 rings (SSSR count). The van der Waals surface area contributed by atoms with Crippen LogP contribution >= 0.6 is 31.9 Å². The van der Waals surface area contributed by atoms with E-state index in [0.717, 1.165) is 23.7 Å². The molecule has 1 aromatic rings. The second kappa shape index (κ2) is 19.4. The van der Waals surface area contributed by atoms with Crippen LogP contribution in [-0.4, -0.2) is 15.0 Å². The Morgan fingerprint density at radius 2 is 1.06 bits per heavy atom. The predicted octanol–water partition coefficient (Wildman–Crippen LogP) is 9.96. The van der Waals surface area contributed by atoms with E-state index < -0.39 is 10.1 Å². The largest absolute Gasteiger partial charge is 0.298 e. The molecule has 32 heavy (non-hydrogen) atoms. The van der Waals surface area contributed by atoms with Crippen LogP contribution in [0.2, 0.25) is 0 Å². The van der Waals surface area contributed by atoms with Gasteiger partial charge in [-0.1, -0.05) is 132 Å². The molecule has 0 unspecified atom stereocenters. The predicted molar refractivity (Wildman–Crippen MR) is 144 cm³/mol. The SMILES string of the molecule is CCCCCCCCCCCCCCCCCCCCOS(=O)(=O)c1cc(Br)ccc1Br. The molecule has 0 saturated heterocycles. The maximum Gasteiger partial charge on any atom is 0.298 e. The van der Waals surface area contributed by atoms with Crippen LogP contribution in [0, 0.1) is 0 Å². The zero-order valence-corrected chi connectivity index (χ0v) is 24.0. The first-order valence-electron chi connectivity index (χ1n) is 12.8. The van der Waals surface area contributed by atoms with Crippen molar-refractivity contribution in [1.29, 1.82) is 0 Å². The molecule has 0 atom stereocenters. The van der Waals surface area contributed by atoms with Crippen molar-refractivity contribution in [1.82, 2.24) is 0 Å². The first kappa shape index (κ1) is 30.1. The number of rotatable bonds is 21. The van der Waals surface area contributed by atoms with Gasteiger partial charge in [0, 0.05) is 8.95 Å². The lowest BCUT2D eigenvalue weighted by atomic mass is 10.0. The standard InChI is InChI=1S/C26H44Br2O3S/c1-2-3-4-5-6-7-8-9-10-11-12-13-14-15-16-17-18-19-22-31-32(29,30)26-23-24(27)20-21-25(26)28/h20-21,23H,2-19,22H2,1H3. The highest BCUT2D eigenvalue weighted by Crippen LogP contribution is 2.27. The van der Waals surface area contributed by atoms with E-state index in [1.54, 1.807) is 18.2 Å². The second-order valence-electron chi connectivity index (χ2n) is 8.86. The van der Waals surface area contributed by atoms with Gasteiger partial charge in [-0.2, -0.15) is 8.42 Å². The van der Waals surface area contributed by atoms with Gasteiger partial charge >= 0.3 is 0 Å². The molecule has 1 aromatic carbocycles. The summed E-state index contributed by atoms with van der Waals surface area (Å²) in [4.78, 5) is 0.175. The van der Waals surface area contributed by atoms with Gasteiger partial charge in [0.1, 0.15) is 4.90 Å². The fourth-order valence-electron chi connectivity index (χ4n) is 3.90. The van der Waals surface area contributed by atoms with Gasteiger partial charge in [0.2, 0.25) is 0 Å². The highest BCUT2D eigenvalue weighted by atomic mass is 79.9. The van der Waals surface area contributed by atoms with Gasteiger partial charge in [-0.25, -0.2) is 0 Å². The number of hydrogen-bond donors (Lipinski definition) is 0. The normalized spacial score (nSPS) is 11.8. The molecule has 0 aromatic heterocycles. The van der Waals surface area contributed by atoms with Crippen molar-refractivity contribution in [3.63, 3.8) is 0 Å². The smallest absolute Gasteiger partial charge is 0.266 e. The van der Waals surface area contributed by atoms with Crippen LogP contribution in [0.15, 0.2) is 32.0 Å². The summed E-state index contributed by atoms with van der Waals surface area (Å²) < 4.78 is 31.1. The molecule has 0 spiro atoms. The molecule has 0 aliphatic heterocycles. The van der Waals surface area contributed by atoms with Crippen LogP contribution in [0.4, 0.5) is 0 Å². The molecular weight excluding hydrogens is 552 g/mol. The fraction of sp³-hybridized carbons (Fsp3) is 0.769. The van der Waals surface area contributed by atoms with Gasteiger partial charge in [-0.05, 0) is 40.5 Å². The van der Waals surface area contributed by atoms with Crippen LogP contribution in [0.1, 0.15) is 122 Å². The zero-order valence-electron chi connectivity index (χ0n) is 20.1. The number of benzene rings is 1. The van der Waals surface area contributed by atoms with Crippen molar-refractivity contribution in [2.24, 2.45) is 0 Å². The van der Waals surface area contributed by atoms with Crippen LogP contribution in [-0.2, 0) is 14.3 Å². The Kier molecular flexibility index (Phi) is 18.3. The first-order valence-corrected chi connectivity index (χ1v) is 15.8. The summed E-state index contributed by atoms with van der Waals surface area (Å²) in [5.41, 5.74) is 0. The van der Waals surface area contributed by atoms with E-state index in [1.165, 1.54) is 96.3 Å². The molecule has 0 bridgehead atoms. The molecule has 186 valence electrons. The number of hydrogen-bond acceptors (Lipinski definition) is 3. The van der Waals surface area contributed by atoms with Gasteiger partial charge in [0.05, 0.1) is 6.61 Å². The van der Waals surface area contributed by atoms with Gasteiger partial charge in [0.25, 0.3) is 10.1 Å². The summed E-state index contributed by atoms with van der Waals surface area (Å²) in [6.45, 7) is 2.53. The van der Waals surface area contributed by atoms with Gasteiger partial charge in [0.15, 0.2) is 0 Å². The lowest BCUT2D eigenvalue weighted by Crippen LogP contribution is -2.08. The molecule has 0 aliphatic carbocycles. The summed E-state index contributed by atoms with van der Waals surface area (Å²) in [6, 6.07) is 5.06. The highest BCUT2D eigenvalue weighted by Gasteiger charge is 2.18.